The van der Waals surface area contributed by atoms with Gasteiger partial charge in [0.2, 0.25) is 0 Å². The molecule has 0 saturated heterocycles. The molecule has 0 aliphatic carbocycles. The largest absolute Gasteiger partial charge is 0.399 e. The molecule has 108 valence electrons. The van der Waals surface area contributed by atoms with E-state index < -0.39 is 0 Å². The van der Waals surface area contributed by atoms with Crippen molar-refractivity contribution in [2.24, 2.45) is 0 Å². The lowest BCUT2D eigenvalue weighted by Crippen LogP contribution is -2.23. The molecule has 0 fully saturated rings. The summed E-state index contributed by atoms with van der Waals surface area (Å²) in [5, 5.41) is 8.93. The average Bonchev–Trinajstić information content (AvgIpc) is 2.46. The monoisotopic (exact) mass is 283 g/mol. The third kappa shape index (κ3) is 3.96. The normalized spacial score (nSPS) is 10.1. The number of nitrogens with zero attached hydrogens (tertiary/aromatic N) is 2. The molecule has 0 saturated carbocycles. The van der Waals surface area contributed by atoms with Crippen LogP contribution in [-0.2, 0) is 6.54 Å². The van der Waals surface area contributed by atoms with E-state index >= 15 is 0 Å². The van der Waals surface area contributed by atoms with Gasteiger partial charge in [-0.3, -0.25) is 0 Å². The highest BCUT2D eigenvalue weighted by atomic mass is 19.1. The molecule has 2 aromatic carbocycles. The van der Waals surface area contributed by atoms with Crippen LogP contribution < -0.4 is 10.6 Å². The smallest absolute Gasteiger partial charge is 0.124 e. The van der Waals surface area contributed by atoms with E-state index in [1.165, 1.54) is 12.1 Å². The van der Waals surface area contributed by atoms with Crippen LogP contribution in [0.5, 0.6) is 0 Å². The highest BCUT2D eigenvalue weighted by molar-refractivity contribution is 5.56. The Morgan fingerprint density at radius 1 is 1.24 bits per heavy atom. The molecule has 2 N–H and O–H groups in total. The van der Waals surface area contributed by atoms with Crippen LogP contribution >= 0.6 is 0 Å². The van der Waals surface area contributed by atoms with E-state index in [4.69, 9.17) is 11.0 Å². The van der Waals surface area contributed by atoms with E-state index in [0.717, 1.165) is 24.2 Å². The second-order valence-corrected chi connectivity index (χ2v) is 4.98. The number of nitrogen functional groups attached to an aromatic ring is 1. The van der Waals surface area contributed by atoms with E-state index in [2.05, 4.69) is 11.8 Å². The van der Waals surface area contributed by atoms with Gasteiger partial charge in [-0.1, -0.05) is 13.0 Å². The molecule has 0 radical (unpaired) electrons. The van der Waals surface area contributed by atoms with Gasteiger partial charge in [-0.05, 0) is 48.4 Å². The molecular weight excluding hydrogens is 265 g/mol. The van der Waals surface area contributed by atoms with Crippen molar-refractivity contribution in [2.45, 2.75) is 19.9 Å². The zero-order valence-corrected chi connectivity index (χ0v) is 12.0. The van der Waals surface area contributed by atoms with Crippen LogP contribution in [0.1, 0.15) is 24.5 Å². The van der Waals surface area contributed by atoms with Gasteiger partial charge in [-0.25, -0.2) is 4.39 Å². The quantitative estimate of drug-likeness (QED) is 0.851. The van der Waals surface area contributed by atoms with Gasteiger partial charge in [0.05, 0.1) is 11.6 Å². The second-order valence-electron chi connectivity index (χ2n) is 4.98. The lowest BCUT2D eigenvalue weighted by atomic mass is 10.1. The van der Waals surface area contributed by atoms with Crippen molar-refractivity contribution in [3.63, 3.8) is 0 Å². The molecule has 4 heteroatoms. The number of hydrogen-bond acceptors (Lipinski definition) is 3. The summed E-state index contributed by atoms with van der Waals surface area (Å²) in [7, 11) is 0. The number of nitriles is 1. The predicted octanol–water partition coefficient (Wildman–Crippen LogP) is 3.70. The molecule has 21 heavy (non-hydrogen) atoms. The Bertz CT molecular complexity index is 661. The van der Waals surface area contributed by atoms with Crippen molar-refractivity contribution >= 4 is 11.4 Å². The zero-order chi connectivity index (χ0) is 15.2. The van der Waals surface area contributed by atoms with Gasteiger partial charge in [0.25, 0.3) is 0 Å². The number of anilines is 2. The van der Waals surface area contributed by atoms with Gasteiger partial charge < -0.3 is 10.6 Å². The van der Waals surface area contributed by atoms with Gasteiger partial charge in [0.1, 0.15) is 5.82 Å². The van der Waals surface area contributed by atoms with E-state index in [-0.39, 0.29) is 5.82 Å². The lowest BCUT2D eigenvalue weighted by molar-refractivity contribution is 0.623. The number of nitrogens with two attached hydrogens (primary N) is 1. The Labute approximate surface area is 124 Å². The molecule has 2 rings (SSSR count). The summed E-state index contributed by atoms with van der Waals surface area (Å²) >= 11 is 0. The number of rotatable bonds is 5. The minimum atomic E-state index is -0.381. The molecule has 0 unspecified atom stereocenters. The maximum absolute atomic E-state index is 13.5. The van der Waals surface area contributed by atoms with Gasteiger partial charge in [-0.15, -0.1) is 0 Å². The SMILES string of the molecule is CCCN(Cc1cc(F)cc(C#N)c1)c1cccc(N)c1. The molecule has 0 aliphatic rings. The van der Waals surface area contributed by atoms with Crippen molar-refractivity contribution in [2.75, 3.05) is 17.2 Å². The molecule has 0 bridgehead atoms. The van der Waals surface area contributed by atoms with Gasteiger partial charge in [0.15, 0.2) is 0 Å². The molecule has 3 nitrogen and oxygen atoms in total. The van der Waals surface area contributed by atoms with Crippen LogP contribution in [0.25, 0.3) is 0 Å². The minimum absolute atomic E-state index is 0.342. The molecule has 0 atom stereocenters. The summed E-state index contributed by atoms with van der Waals surface area (Å²) in [6.07, 6.45) is 0.967. The zero-order valence-electron chi connectivity index (χ0n) is 12.0. The van der Waals surface area contributed by atoms with Crippen LogP contribution in [0.2, 0.25) is 0 Å². The molecule has 0 amide bonds. The van der Waals surface area contributed by atoms with E-state index in [1.54, 1.807) is 6.07 Å². The Morgan fingerprint density at radius 3 is 2.71 bits per heavy atom. The van der Waals surface area contributed by atoms with Crippen molar-refractivity contribution in [1.29, 1.82) is 5.26 Å². The standard InChI is InChI=1S/C17H18FN3/c1-2-6-21(17-5-3-4-16(20)10-17)12-14-7-13(11-19)8-15(18)9-14/h3-5,7-10H,2,6,12,20H2,1H3. The van der Waals surface area contributed by atoms with Gasteiger partial charge in [0, 0.05) is 24.5 Å². The Morgan fingerprint density at radius 2 is 2.05 bits per heavy atom. The van der Waals surface area contributed by atoms with Crippen molar-refractivity contribution < 1.29 is 4.39 Å². The molecule has 2 aromatic rings. The van der Waals surface area contributed by atoms with E-state index in [0.29, 0.717) is 17.8 Å². The summed E-state index contributed by atoms with van der Waals surface area (Å²) in [6.45, 7) is 3.47. The van der Waals surface area contributed by atoms with Crippen LogP contribution in [-0.4, -0.2) is 6.54 Å². The highest BCUT2D eigenvalue weighted by Gasteiger charge is 2.09. The second kappa shape index (κ2) is 6.76. The predicted molar refractivity (Wildman–Crippen MR) is 83.3 cm³/mol. The summed E-state index contributed by atoms with van der Waals surface area (Å²) in [6, 6.07) is 14.0. The minimum Gasteiger partial charge on any atom is -0.399 e. The van der Waals surface area contributed by atoms with Crippen molar-refractivity contribution in [3.8, 4) is 6.07 Å². The molecular formula is C17H18FN3. The molecule has 0 spiro atoms. The first-order valence-electron chi connectivity index (χ1n) is 6.92. The van der Waals surface area contributed by atoms with E-state index in [9.17, 15) is 4.39 Å². The van der Waals surface area contributed by atoms with E-state index in [1.807, 2.05) is 30.3 Å². The molecule has 0 aliphatic heterocycles. The highest BCUT2D eigenvalue weighted by Crippen LogP contribution is 2.21. The first kappa shape index (κ1) is 14.9. The van der Waals surface area contributed by atoms with Gasteiger partial charge >= 0.3 is 0 Å². The summed E-state index contributed by atoms with van der Waals surface area (Å²) in [5.74, 6) is -0.381. The van der Waals surface area contributed by atoms with Crippen LogP contribution in [0.15, 0.2) is 42.5 Å². The van der Waals surface area contributed by atoms with Gasteiger partial charge in [-0.2, -0.15) is 5.26 Å². The fourth-order valence-electron chi connectivity index (χ4n) is 2.32. The number of benzene rings is 2. The summed E-state index contributed by atoms with van der Waals surface area (Å²) in [4.78, 5) is 2.13. The fourth-order valence-corrected chi connectivity index (χ4v) is 2.32. The van der Waals surface area contributed by atoms with Crippen LogP contribution in [0.4, 0.5) is 15.8 Å². The molecule has 0 heterocycles. The first-order valence-corrected chi connectivity index (χ1v) is 6.92. The van der Waals surface area contributed by atoms with Crippen molar-refractivity contribution in [3.05, 3.63) is 59.4 Å². The first-order chi connectivity index (χ1) is 10.1. The third-order valence-electron chi connectivity index (χ3n) is 3.19. The Balaban J connectivity index is 2.28. The van der Waals surface area contributed by atoms with Crippen LogP contribution in [0.3, 0.4) is 0 Å². The summed E-state index contributed by atoms with van der Waals surface area (Å²) in [5.41, 5.74) is 8.65. The summed E-state index contributed by atoms with van der Waals surface area (Å²) < 4.78 is 13.5. The number of halogens is 1. The Kier molecular flexibility index (Phi) is 4.78. The maximum Gasteiger partial charge on any atom is 0.124 e. The Hall–Kier alpha value is -2.54. The average molecular weight is 283 g/mol. The number of hydrogen-bond donors (Lipinski definition) is 1. The van der Waals surface area contributed by atoms with Crippen molar-refractivity contribution in [1.82, 2.24) is 0 Å². The molecule has 0 aromatic heterocycles. The fraction of sp³-hybridized carbons (Fsp3) is 0.235. The third-order valence-corrected chi connectivity index (χ3v) is 3.19. The maximum atomic E-state index is 13.5. The lowest BCUT2D eigenvalue weighted by Gasteiger charge is -2.25. The van der Waals surface area contributed by atoms with Crippen LogP contribution in [0, 0.1) is 17.1 Å². The topological polar surface area (TPSA) is 53.0 Å².